The summed E-state index contributed by atoms with van der Waals surface area (Å²) in [6.45, 7) is 3.60. The van der Waals surface area contributed by atoms with Crippen molar-refractivity contribution in [1.82, 2.24) is 15.8 Å². The molecule has 3 rings (SSSR count). The third-order valence-electron chi connectivity index (χ3n) is 4.15. The first-order valence-corrected chi connectivity index (χ1v) is 8.15. The Balaban J connectivity index is 1.65. The molecule has 0 fully saturated rings. The maximum Gasteiger partial charge on any atom is 0.267 e. The van der Waals surface area contributed by atoms with E-state index in [2.05, 4.69) is 35.4 Å². The molecular weight excluding hydrogens is 314 g/mol. The summed E-state index contributed by atoms with van der Waals surface area (Å²) in [5.74, 6) is -0.543. The van der Waals surface area contributed by atoms with Gasteiger partial charge in [0.15, 0.2) is 0 Å². The van der Waals surface area contributed by atoms with Crippen LogP contribution in [0.4, 0.5) is 0 Å². The van der Waals surface area contributed by atoms with Gasteiger partial charge in [-0.3, -0.25) is 10.0 Å². The van der Waals surface area contributed by atoms with E-state index in [1.165, 1.54) is 22.7 Å². The number of benzene rings is 2. The van der Waals surface area contributed by atoms with Gasteiger partial charge in [-0.05, 0) is 35.8 Å². The highest BCUT2D eigenvalue weighted by Crippen LogP contribution is 2.21. The average molecular weight is 335 g/mol. The van der Waals surface area contributed by atoms with Gasteiger partial charge in [-0.1, -0.05) is 42.5 Å². The molecule has 0 saturated heterocycles. The van der Waals surface area contributed by atoms with Crippen LogP contribution in [0.5, 0.6) is 0 Å². The molecule has 5 nitrogen and oxygen atoms in total. The van der Waals surface area contributed by atoms with Gasteiger partial charge in [0.1, 0.15) is 0 Å². The van der Waals surface area contributed by atoms with Gasteiger partial charge in [-0.2, -0.15) is 0 Å². The summed E-state index contributed by atoms with van der Waals surface area (Å²) in [7, 11) is 0. The summed E-state index contributed by atoms with van der Waals surface area (Å²) in [5, 5.41) is 13.2. The van der Waals surface area contributed by atoms with E-state index in [1.54, 1.807) is 11.6 Å². The number of hydrogen-bond donors (Lipinski definition) is 4. The second-order valence-electron chi connectivity index (χ2n) is 5.93. The monoisotopic (exact) mass is 335 g/mol. The fourth-order valence-corrected chi connectivity index (χ4v) is 2.91. The molecule has 1 amide bonds. The van der Waals surface area contributed by atoms with Crippen LogP contribution in [0.25, 0.3) is 17.0 Å². The lowest BCUT2D eigenvalue weighted by molar-refractivity contribution is -0.124. The number of carbonyl (C=O) groups is 1. The van der Waals surface area contributed by atoms with Crippen molar-refractivity contribution in [2.75, 3.05) is 0 Å². The Labute approximate surface area is 146 Å². The third kappa shape index (κ3) is 4.15. The van der Waals surface area contributed by atoms with E-state index in [4.69, 9.17) is 5.21 Å². The van der Waals surface area contributed by atoms with Crippen molar-refractivity contribution >= 4 is 22.9 Å². The SMILES string of the molecule is Cc1[nH]c2ccccc2c1CNCc1cccc(/C=C/C(=O)NO)c1. The summed E-state index contributed by atoms with van der Waals surface area (Å²) in [6, 6.07) is 16.2. The van der Waals surface area contributed by atoms with Crippen LogP contribution in [-0.4, -0.2) is 16.1 Å². The first-order chi connectivity index (χ1) is 12.2. The van der Waals surface area contributed by atoms with Crippen molar-refractivity contribution in [2.24, 2.45) is 0 Å². The summed E-state index contributed by atoms with van der Waals surface area (Å²) in [4.78, 5) is 14.5. The van der Waals surface area contributed by atoms with Gasteiger partial charge >= 0.3 is 0 Å². The maximum atomic E-state index is 11.0. The Morgan fingerprint density at radius 1 is 1.16 bits per heavy atom. The van der Waals surface area contributed by atoms with Gasteiger partial charge in [0, 0.05) is 35.8 Å². The Morgan fingerprint density at radius 3 is 2.84 bits per heavy atom. The molecule has 0 atom stereocenters. The molecule has 25 heavy (non-hydrogen) atoms. The van der Waals surface area contributed by atoms with Crippen molar-refractivity contribution in [3.63, 3.8) is 0 Å². The number of aromatic nitrogens is 1. The molecule has 0 bridgehead atoms. The van der Waals surface area contributed by atoms with E-state index in [9.17, 15) is 4.79 Å². The van der Waals surface area contributed by atoms with E-state index < -0.39 is 5.91 Å². The topological polar surface area (TPSA) is 77.2 Å². The minimum atomic E-state index is -0.543. The quantitative estimate of drug-likeness (QED) is 0.317. The predicted molar refractivity (Wildman–Crippen MR) is 99.0 cm³/mol. The number of hydroxylamine groups is 1. The fraction of sp³-hybridized carbons (Fsp3) is 0.150. The molecule has 128 valence electrons. The second-order valence-corrected chi connectivity index (χ2v) is 5.93. The fourth-order valence-electron chi connectivity index (χ4n) is 2.91. The van der Waals surface area contributed by atoms with Gasteiger partial charge in [0.05, 0.1) is 0 Å². The van der Waals surface area contributed by atoms with Crippen LogP contribution in [0.15, 0.2) is 54.6 Å². The molecule has 2 aromatic carbocycles. The summed E-state index contributed by atoms with van der Waals surface area (Å²) < 4.78 is 0. The molecule has 5 heteroatoms. The molecule has 0 unspecified atom stereocenters. The van der Waals surface area contributed by atoms with E-state index in [0.717, 1.165) is 29.7 Å². The van der Waals surface area contributed by atoms with Crippen LogP contribution in [-0.2, 0) is 17.9 Å². The Hall–Kier alpha value is -2.89. The van der Waals surface area contributed by atoms with Crippen LogP contribution < -0.4 is 10.8 Å². The van der Waals surface area contributed by atoms with Crippen molar-refractivity contribution in [3.8, 4) is 0 Å². The van der Waals surface area contributed by atoms with E-state index >= 15 is 0 Å². The third-order valence-corrected chi connectivity index (χ3v) is 4.15. The normalized spacial score (nSPS) is 11.3. The smallest absolute Gasteiger partial charge is 0.267 e. The number of fused-ring (bicyclic) bond motifs is 1. The Kier molecular flexibility index (Phi) is 5.28. The van der Waals surface area contributed by atoms with Crippen LogP contribution in [0.3, 0.4) is 0 Å². The number of para-hydroxylation sites is 1. The number of rotatable bonds is 6. The summed E-state index contributed by atoms with van der Waals surface area (Å²) in [5.41, 5.74) is 7.24. The van der Waals surface area contributed by atoms with Gasteiger partial charge in [-0.15, -0.1) is 0 Å². The summed E-state index contributed by atoms with van der Waals surface area (Å²) in [6.07, 6.45) is 2.96. The number of hydrogen-bond acceptors (Lipinski definition) is 3. The van der Waals surface area contributed by atoms with Crippen LogP contribution in [0.1, 0.15) is 22.4 Å². The van der Waals surface area contributed by atoms with Crippen molar-refractivity contribution in [2.45, 2.75) is 20.0 Å². The van der Waals surface area contributed by atoms with E-state index in [0.29, 0.717) is 0 Å². The summed E-state index contributed by atoms with van der Waals surface area (Å²) >= 11 is 0. The highest BCUT2D eigenvalue weighted by molar-refractivity contribution is 5.90. The zero-order valence-electron chi connectivity index (χ0n) is 14.0. The highest BCUT2D eigenvalue weighted by Gasteiger charge is 2.07. The lowest BCUT2D eigenvalue weighted by Gasteiger charge is -2.06. The number of aryl methyl sites for hydroxylation is 1. The van der Waals surface area contributed by atoms with Crippen LogP contribution in [0, 0.1) is 6.92 Å². The first kappa shape index (κ1) is 17.0. The van der Waals surface area contributed by atoms with Gasteiger partial charge < -0.3 is 10.3 Å². The zero-order valence-corrected chi connectivity index (χ0v) is 14.0. The molecule has 1 aromatic heterocycles. The van der Waals surface area contributed by atoms with E-state index in [-0.39, 0.29) is 0 Å². The van der Waals surface area contributed by atoms with Gasteiger partial charge in [0.2, 0.25) is 0 Å². The molecule has 0 radical (unpaired) electrons. The molecule has 0 aliphatic rings. The molecule has 0 saturated carbocycles. The minimum Gasteiger partial charge on any atom is -0.358 e. The molecule has 0 aliphatic heterocycles. The highest BCUT2D eigenvalue weighted by atomic mass is 16.5. The number of carbonyl (C=O) groups excluding carboxylic acids is 1. The van der Waals surface area contributed by atoms with Crippen LogP contribution in [0.2, 0.25) is 0 Å². The maximum absolute atomic E-state index is 11.0. The van der Waals surface area contributed by atoms with Gasteiger partial charge in [0.25, 0.3) is 5.91 Å². The zero-order chi connectivity index (χ0) is 17.6. The second kappa shape index (κ2) is 7.79. The number of H-pyrrole nitrogens is 1. The lowest BCUT2D eigenvalue weighted by atomic mass is 10.1. The number of aromatic amines is 1. The Morgan fingerprint density at radius 2 is 2.00 bits per heavy atom. The first-order valence-electron chi connectivity index (χ1n) is 8.15. The average Bonchev–Trinajstić information content (AvgIpc) is 2.95. The molecule has 0 aliphatic carbocycles. The molecule has 0 spiro atoms. The molecule has 1 heterocycles. The van der Waals surface area contributed by atoms with Gasteiger partial charge in [-0.25, -0.2) is 5.48 Å². The largest absolute Gasteiger partial charge is 0.358 e. The van der Waals surface area contributed by atoms with Crippen molar-refractivity contribution in [1.29, 1.82) is 0 Å². The molecule has 4 N–H and O–H groups in total. The molecular formula is C20H21N3O2. The Bertz CT molecular complexity index is 912. The molecule has 3 aromatic rings. The van der Waals surface area contributed by atoms with Crippen LogP contribution >= 0.6 is 0 Å². The van der Waals surface area contributed by atoms with Crippen molar-refractivity contribution in [3.05, 3.63) is 77.0 Å². The van der Waals surface area contributed by atoms with Crippen molar-refractivity contribution < 1.29 is 10.0 Å². The van der Waals surface area contributed by atoms with E-state index in [1.807, 2.05) is 30.3 Å². The minimum absolute atomic E-state index is 0.543. The number of nitrogens with one attached hydrogen (secondary N) is 3. The number of amides is 1. The standard InChI is InChI=1S/C20H21N3O2/c1-14-18(17-7-2-3-8-19(17)22-14)13-21-12-16-6-4-5-15(11-16)9-10-20(24)23-25/h2-11,21-22,25H,12-13H2,1H3,(H,23,24)/b10-9+. The predicted octanol–water partition coefficient (Wildman–Crippen LogP) is 3.28. The lowest BCUT2D eigenvalue weighted by Crippen LogP contribution is -2.14.